The van der Waals surface area contributed by atoms with Gasteiger partial charge < -0.3 is 15.4 Å². The third kappa shape index (κ3) is 4.82. The van der Waals surface area contributed by atoms with Crippen LogP contribution in [0.2, 0.25) is 0 Å². The fraction of sp³-hybridized carbons (Fsp3) is 0.435. The van der Waals surface area contributed by atoms with Crippen LogP contribution in [0.4, 0.5) is 5.00 Å². The van der Waals surface area contributed by atoms with E-state index in [0.717, 1.165) is 59.4 Å². The van der Waals surface area contributed by atoms with Gasteiger partial charge in [-0.15, -0.1) is 11.3 Å². The average Bonchev–Trinajstić information content (AvgIpc) is 3.36. The molecule has 0 aliphatic rings. The first kappa shape index (κ1) is 21.8. The van der Waals surface area contributed by atoms with E-state index in [-0.39, 0.29) is 5.78 Å². The van der Waals surface area contributed by atoms with Crippen molar-refractivity contribution in [1.29, 1.82) is 0 Å². The van der Waals surface area contributed by atoms with Gasteiger partial charge in [0, 0.05) is 23.9 Å². The van der Waals surface area contributed by atoms with Crippen molar-refractivity contribution in [3.05, 3.63) is 34.5 Å². The van der Waals surface area contributed by atoms with E-state index in [0.29, 0.717) is 23.6 Å². The molecule has 2 heterocycles. The van der Waals surface area contributed by atoms with E-state index >= 15 is 0 Å². The number of nitrogen functional groups attached to an aromatic ring is 1. The lowest BCUT2D eigenvalue weighted by atomic mass is 10.0. The second kappa shape index (κ2) is 10.2. The summed E-state index contributed by atoms with van der Waals surface area (Å²) >= 11 is 3.14. The summed E-state index contributed by atoms with van der Waals surface area (Å²) in [4.78, 5) is 15.1. The van der Waals surface area contributed by atoms with Gasteiger partial charge in [0.1, 0.15) is 12.4 Å². The number of hydrogen-bond donors (Lipinski definition) is 1. The molecule has 0 spiro atoms. The lowest BCUT2D eigenvalue weighted by molar-refractivity contribution is 0.0982. The largest absolute Gasteiger partial charge is 0.490 e. The van der Waals surface area contributed by atoms with Crippen LogP contribution in [-0.4, -0.2) is 36.9 Å². The minimum atomic E-state index is 0.132. The SMILES string of the molecule is CCCCC(=O)c1c(N)sc2c(OCCN(CC)CC)c(-c3ccsc3)ccc12. The molecule has 1 aromatic carbocycles. The van der Waals surface area contributed by atoms with Gasteiger partial charge >= 0.3 is 0 Å². The predicted molar refractivity (Wildman–Crippen MR) is 127 cm³/mol. The molecule has 156 valence electrons. The number of likely N-dealkylation sites (N-methyl/N-ethyl adjacent to an activating group) is 1. The molecule has 0 atom stereocenters. The highest BCUT2D eigenvalue weighted by Crippen LogP contribution is 2.45. The van der Waals surface area contributed by atoms with Gasteiger partial charge in [-0.3, -0.25) is 4.79 Å². The van der Waals surface area contributed by atoms with Crippen LogP contribution in [0, 0.1) is 0 Å². The van der Waals surface area contributed by atoms with Gasteiger partial charge in [0.05, 0.1) is 15.3 Å². The maximum absolute atomic E-state index is 12.8. The zero-order valence-corrected chi connectivity index (χ0v) is 19.1. The smallest absolute Gasteiger partial charge is 0.166 e. The first-order valence-corrected chi connectivity index (χ1v) is 12.1. The summed E-state index contributed by atoms with van der Waals surface area (Å²) in [7, 11) is 0. The Kier molecular flexibility index (Phi) is 7.70. The number of nitrogens with zero attached hydrogens (tertiary/aromatic N) is 1. The summed E-state index contributed by atoms with van der Waals surface area (Å²) in [5, 5.41) is 5.72. The first-order chi connectivity index (χ1) is 14.1. The van der Waals surface area contributed by atoms with Crippen molar-refractivity contribution in [1.82, 2.24) is 4.90 Å². The van der Waals surface area contributed by atoms with Gasteiger partial charge in [0.25, 0.3) is 0 Å². The van der Waals surface area contributed by atoms with Crippen LogP contribution in [0.5, 0.6) is 5.75 Å². The molecular weight excluding hydrogens is 400 g/mol. The molecule has 0 saturated carbocycles. The highest BCUT2D eigenvalue weighted by atomic mass is 32.1. The van der Waals surface area contributed by atoms with Gasteiger partial charge in [-0.05, 0) is 48.0 Å². The number of unbranched alkanes of at least 4 members (excludes halogenated alkanes) is 1. The number of carbonyl (C=O) groups excluding carboxylic acids is 1. The van der Waals surface area contributed by atoms with E-state index in [9.17, 15) is 4.79 Å². The van der Waals surface area contributed by atoms with Gasteiger partial charge in [0.2, 0.25) is 0 Å². The number of nitrogens with two attached hydrogens (primary N) is 1. The van der Waals surface area contributed by atoms with Crippen LogP contribution in [0.1, 0.15) is 50.4 Å². The van der Waals surface area contributed by atoms with Crippen LogP contribution in [-0.2, 0) is 0 Å². The molecule has 29 heavy (non-hydrogen) atoms. The Labute approximate surface area is 181 Å². The summed E-state index contributed by atoms with van der Waals surface area (Å²) < 4.78 is 7.32. The Bertz CT molecular complexity index is 944. The molecule has 0 unspecified atom stereocenters. The molecule has 0 aliphatic carbocycles. The third-order valence-electron chi connectivity index (χ3n) is 5.26. The van der Waals surface area contributed by atoms with E-state index in [1.165, 1.54) is 11.3 Å². The number of carbonyl (C=O) groups is 1. The standard InChI is InChI=1S/C23H30N2O2S2/c1-4-7-8-19(26)20-18-10-9-17(16-11-14-28-15-16)21(22(18)29-23(20)24)27-13-12-25(5-2)6-3/h9-11,14-15H,4-8,12-13,24H2,1-3H3. The molecule has 0 saturated heterocycles. The highest BCUT2D eigenvalue weighted by Gasteiger charge is 2.22. The van der Waals surface area contributed by atoms with Crippen LogP contribution in [0.3, 0.4) is 0 Å². The van der Waals surface area contributed by atoms with Gasteiger partial charge in [-0.2, -0.15) is 11.3 Å². The molecule has 3 aromatic rings. The average molecular weight is 431 g/mol. The quantitative estimate of drug-likeness (QED) is 0.362. The molecule has 0 aliphatic heterocycles. The first-order valence-electron chi connectivity index (χ1n) is 10.4. The van der Waals surface area contributed by atoms with Gasteiger partial charge in [-0.25, -0.2) is 0 Å². The number of Topliss-reactive ketones (excluding diaryl/α,β-unsaturated/α-hetero) is 1. The zero-order valence-electron chi connectivity index (χ0n) is 17.5. The number of anilines is 1. The van der Waals surface area contributed by atoms with E-state index < -0.39 is 0 Å². The monoisotopic (exact) mass is 430 g/mol. The number of hydrogen-bond acceptors (Lipinski definition) is 6. The molecule has 0 fully saturated rings. The third-order valence-corrected chi connectivity index (χ3v) is 6.97. The number of ketones is 1. The Morgan fingerprint density at radius 2 is 1.97 bits per heavy atom. The molecule has 3 rings (SSSR count). The second-order valence-electron chi connectivity index (χ2n) is 7.07. The fourth-order valence-electron chi connectivity index (χ4n) is 3.51. The summed E-state index contributed by atoms with van der Waals surface area (Å²) in [6.07, 6.45) is 2.42. The van der Waals surface area contributed by atoms with Crippen molar-refractivity contribution in [2.24, 2.45) is 0 Å². The Morgan fingerprint density at radius 3 is 2.62 bits per heavy atom. The van der Waals surface area contributed by atoms with Crippen molar-refractivity contribution in [3.8, 4) is 16.9 Å². The van der Waals surface area contributed by atoms with Crippen LogP contribution < -0.4 is 10.5 Å². The lowest BCUT2D eigenvalue weighted by Crippen LogP contribution is -2.28. The highest BCUT2D eigenvalue weighted by molar-refractivity contribution is 7.23. The molecule has 4 nitrogen and oxygen atoms in total. The zero-order chi connectivity index (χ0) is 20.8. The summed E-state index contributed by atoms with van der Waals surface area (Å²) in [5.41, 5.74) is 9.19. The number of ether oxygens (including phenoxy) is 1. The number of fused-ring (bicyclic) bond motifs is 1. The second-order valence-corrected chi connectivity index (χ2v) is 8.91. The Morgan fingerprint density at radius 1 is 1.17 bits per heavy atom. The molecular formula is C23H30N2O2S2. The van der Waals surface area contributed by atoms with Gasteiger partial charge in [0.15, 0.2) is 5.78 Å². The molecule has 2 aromatic heterocycles. The number of rotatable bonds is 11. The number of thiophene rings is 2. The summed E-state index contributed by atoms with van der Waals surface area (Å²) in [5.74, 6) is 0.979. The molecule has 6 heteroatoms. The van der Waals surface area contributed by atoms with Gasteiger partial charge in [-0.1, -0.05) is 33.3 Å². The lowest BCUT2D eigenvalue weighted by Gasteiger charge is -2.19. The molecule has 0 bridgehead atoms. The van der Waals surface area contributed by atoms with E-state index in [4.69, 9.17) is 10.5 Å². The Balaban J connectivity index is 2.01. The molecule has 0 amide bonds. The fourth-order valence-corrected chi connectivity index (χ4v) is 5.25. The predicted octanol–water partition coefficient (Wildman–Crippen LogP) is 6.31. The van der Waals surface area contributed by atoms with Crippen molar-refractivity contribution < 1.29 is 9.53 Å². The van der Waals surface area contributed by atoms with E-state index in [2.05, 4.69) is 48.6 Å². The minimum Gasteiger partial charge on any atom is -0.490 e. The normalized spacial score (nSPS) is 11.4. The maximum atomic E-state index is 12.8. The van der Waals surface area contributed by atoms with Crippen molar-refractivity contribution in [2.45, 2.75) is 40.0 Å². The number of benzene rings is 1. The van der Waals surface area contributed by atoms with Crippen LogP contribution in [0.15, 0.2) is 29.0 Å². The van der Waals surface area contributed by atoms with E-state index in [1.807, 2.05) is 6.07 Å². The molecule has 0 radical (unpaired) electrons. The Hall–Kier alpha value is -1.89. The van der Waals surface area contributed by atoms with Crippen molar-refractivity contribution in [3.63, 3.8) is 0 Å². The van der Waals surface area contributed by atoms with Crippen molar-refractivity contribution in [2.75, 3.05) is 32.0 Å². The van der Waals surface area contributed by atoms with Crippen LogP contribution >= 0.6 is 22.7 Å². The summed E-state index contributed by atoms with van der Waals surface area (Å²) in [6, 6.07) is 6.21. The summed E-state index contributed by atoms with van der Waals surface area (Å²) in [6.45, 7) is 9.90. The molecule has 2 N–H and O–H groups in total. The van der Waals surface area contributed by atoms with Crippen LogP contribution in [0.25, 0.3) is 21.2 Å². The van der Waals surface area contributed by atoms with Crippen molar-refractivity contribution >= 4 is 43.5 Å². The topological polar surface area (TPSA) is 55.6 Å². The minimum absolute atomic E-state index is 0.132. The van der Waals surface area contributed by atoms with E-state index in [1.54, 1.807) is 11.3 Å². The maximum Gasteiger partial charge on any atom is 0.166 e.